The second-order valence-electron chi connectivity index (χ2n) is 4.76. The fourth-order valence-corrected chi connectivity index (χ4v) is 2.14. The fraction of sp³-hybridized carbons (Fsp3) is 0.500. The molecule has 0 fully saturated rings. The molecule has 0 aliphatic heterocycles. The van der Waals surface area contributed by atoms with Crippen LogP contribution in [-0.4, -0.2) is 12.5 Å². The normalized spacial score (nSPS) is 12.5. The first-order chi connectivity index (χ1) is 8.54. The van der Waals surface area contributed by atoms with E-state index < -0.39 is 0 Å². The van der Waals surface area contributed by atoms with Crippen molar-refractivity contribution in [2.75, 3.05) is 6.54 Å². The van der Waals surface area contributed by atoms with E-state index in [4.69, 9.17) is 10.5 Å². The van der Waals surface area contributed by atoms with Crippen LogP contribution in [0.1, 0.15) is 25.8 Å². The van der Waals surface area contributed by atoms with E-state index in [-0.39, 0.29) is 18.5 Å². The third-order valence-electron chi connectivity index (χ3n) is 2.70. The first-order valence-corrected chi connectivity index (χ1v) is 6.94. The van der Waals surface area contributed by atoms with Gasteiger partial charge in [0.1, 0.15) is 6.61 Å². The van der Waals surface area contributed by atoms with Crippen molar-refractivity contribution in [3.8, 4) is 0 Å². The van der Waals surface area contributed by atoms with Gasteiger partial charge >= 0.3 is 5.97 Å². The molecular weight excluding hydrogens is 294 g/mol. The second-order valence-corrected chi connectivity index (χ2v) is 5.62. The quantitative estimate of drug-likeness (QED) is 0.821. The Labute approximate surface area is 117 Å². The lowest BCUT2D eigenvalue weighted by Crippen LogP contribution is -2.27. The summed E-state index contributed by atoms with van der Waals surface area (Å²) in [7, 11) is 0. The fourth-order valence-electron chi connectivity index (χ4n) is 1.74. The standard InChI is InChI=1S/C14H20BrNO2/c1-10(2)7-12(8-16)14(17)18-9-11-5-3-4-6-13(11)15/h3-6,10,12H,7-9,16H2,1-2H3. The van der Waals surface area contributed by atoms with E-state index in [2.05, 4.69) is 29.8 Å². The molecule has 2 N–H and O–H groups in total. The Morgan fingerprint density at radius 3 is 2.61 bits per heavy atom. The molecule has 0 heterocycles. The van der Waals surface area contributed by atoms with Crippen LogP contribution in [0, 0.1) is 11.8 Å². The smallest absolute Gasteiger partial charge is 0.310 e. The van der Waals surface area contributed by atoms with E-state index in [1.54, 1.807) is 0 Å². The molecule has 0 spiro atoms. The molecule has 1 rings (SSSR count). The van der Waals surface area contributed by atoms with Gasteiger partial charge in [0.05, 0.1) is 5.92 Å². The summed E-state index contributed by atoms with van der Waals surface area (Å²) in [4.78, 5) is 11.9. The maximum Gasteiger partial charge on any atom is 0.310 e. The third-order valence-corrected chi connectivity index (χ3v) is 3.48. The van der Waals surface area contributed by atoms with Crippen LogP contribution in [0.15, 0.2) is 28.7 Å². The molecule has 0 radical (unpaired) electrons. The molecule has 1 aromatic carbocycles. The van der Waals surface area contributed by atoms with Crippen molar-refractivity contribution in [3.05, 3.63) is 34.3 Å². The number of hydrogen-bond acceptors (Lipinski definition) is 3. The minimum atomic E-state index is -0.207. The zero-order valence-electron chi connectivity index (χ0n) is 10.9. The van der Waals surface area contributed by atoms with Crippen LogP contribution in [0.4, 0.5) is 0 Å². The molecule has 0 aliphatic rings. The summed E-state index contributed by atoms with van der Waals surface area (Å²) in [6, 6.07) is 7.70. The van der Waals surface area contributed by atoms with E-state index in [1.165, 1.54) is 0 Å². The lowest BCUT2D eigenvalue weighted by molar-refractivity contribution is -0.150. The molecule has 18 heavy (non-hydrogen) atoms. The van der Waals surface area contributed by atoms with Crippen LogP contribution >= 0.6 is 15.9 Å². The van der Waals surface area contributed by atoms with Crippen LogP contribution in [0.5, 0.6) is 0 Å². The van der Waals surface area contributed by atoms with Gasteiger partial charge in [-0.2, -0.15) is 0 Å². The first kappa shape index (κ1) is 15.2. The van der Waals surface area contributed by atoms with E-state index in [1.807, 2.05) is 24.3 Å². The van der Waals surface area contributed by atoms with Gasteiger partial charge in [0, 0.05) is 16.6 Å². The molecule has 0 saturated heterocycles. The first-order valence-electron chi connectivity index (χ1n) is 6.14. The van der Waals surface area contributed by atoms with E-state index in [0.717, 1.165) is 16.5 Å². The number of benzene rings is 1. The van der Waals surface area contributed by atoms with Gasteiger partial charge in [0.15, 0.2) is 0 Å². The Balaban J connectivity index is 2.52. The van der Waals surface area contributed by atoms with Gasteiger partial charge in [-0.15, -0.1) is 0 Å². The monoisotopic (exact) mass is 313 g/mol. The van der Waals surface area contributed by atoms with Gasteiger partial charge < -0.3 is 10.5 Å². The predicted octanol–water partition coefficient (Wildman–Crippen LogP) is 3.11. The van der Waals surface area contributed by atoms with E-state index in [0.29, 0.717) is 12.5 Å². The highest BCUT2D eigenvalue weighted by Crippen LogP contribution is 2.18. The number of carbonyl (C=O) groups excluding carboxylic acids is 1. The van der Waals surface area contributed by atoms with Gasteiger partial charge in [0.25, 0.3) is 0 Å². The average Bonchev–Trinajstić information content (AvgIpc) is 2.34. The maximum atomic E-state index is 11.9. The Kier molecular flexibility index (Phi) is 6.36. The predicted molar refractivity (Wildman–Crippen MR) is 75.9 cm³/mol. The Bertz CT molecular complexity index is 393. The number of carbonyl (C=O) groups is 1. The van der Waals surface area contributed by atoms with Gasteiger partial charge in [-0.3, -0.25) is 4.79 Å². The van der Waals surface area contributed by atoms with Crippen molar-refractivity contribution in [2.24, 2.45) is 17.6 Å². The zero-order valence-corrected chi connectivity index (χ0v) is 12.4. The molecule has 1 aromatic rings. The van der Waals surface area contributed by atoms with Crippen molar-refractivity contribution in [3.63, 3.8) is 0 Å². The molecule has 4 heteroatoms. The topological polar surface area (TPSA) is 52.3 Å². The molecule has 0 amide bonds. The molecular formula is C14H20BrNO2. The van der Waals surface area contributed by atoms with Crippen molar-refractivity contribution in [2.45, 2.75) is 26.9 Å². The number of hydrogen-bond donors (Lipinski definition) is 1. The molecule has 0 aliphatic carbocycles. The van der Waals surface area contributed by atoms with Crippen LogP contribution in [0.2, 0.25) is 0 Å². The number of rotatable bonds is 6. The molecule has 0 saturated carbocycles. The summed E-state index contributed by atoms with van der Waals surface area (Å²) >= 11 is 3.42. The Morgan fingerprint density at radius 1 is 1.39 bits per heavy atom. The maximum absolute atomic E-state index is 11.9. The van der Waals surface area contributed by atoms with Crippen molar-refractivity contribution >= 4 is 21.9 Å². The zero-order chi connectivity index (χ0) is 13.5. The number of halogens is 1. The van der Waals surface area contributed by atoms with E-state index >= 15 is 0 Å². The van der Waals surface area contributed by atoms with Gasteiger partial charge in [-0.1, -0.05) is 48.0 Å². The SMILES string of the molecule is CC(C)CC(CN)C(=O)OCc1ccccc1Br. The Hall–Kier alpha value is -0.870. The summed E-state index contributed by atoms with van der Waals surface area (Å²) < 4.78 is 6.26. The lowest BCUT2D eigenvalue weighted by Gasteiger charge is -2.16. The Morgan fingerprint density at radius 2 is 2.06 bits per heavy atom. The van der Waals surface area contributed by atoms with Crippen molar-refractivity contribution in [1.82, 2.24) is 0 Å². The minimum absolute atomic E-state index is 0.201. The highest BCUT2D eigenvalue weighted by Gasteiger charge is 2.19. The molecule has 3 nitrogen and oxygen atoms in total. The highest BCUT2D eigenvalue weighted by atomic mass is 79.9. The summed E-state index contributed by atoms with van der Waals surface area (Å²) in [5.74, 6) is 0.0315. The van der Waals surface area contributed by atoms with Crippen molar-refractivity contribution < 1.29 is 9.53 Å². The molecule has 1 unspecified atom stereocenters. The molecule has 0 bridgehead atoms. The number of ether oxygens (including phenoxy) is 1. The average molecular weight is 314 g/mol. The largest absolute Gasteiger partial charge is 0.461 e. The molecule has 100 valence electrons. The van der Waals surface area contributed by atoms with Crippen molar-refractivity contribution in [1.29, 1.82) is 0 Å². The number of nitrogens with two attached hydrogens (primary N) is 1. The summed E-state index contributed by atoms with van der Waals surface area (Å²) in [6.45, 7) is 4.77. The summed E-state index contributed by atoms with van der Waals surface area (Å²) in [5, 5.41) is 0. The number of esters is 1. The van der Waals surface area contributed by atoms with Crippen LogP contribution in [0.25, 0.3) is 0 Å². The second kappa shape index (κ2) is 7.54. The van der Waals surface area contributed by atoms with Gasteiger partial charge in [0.2, 0.25) is 0 Å². The summed E-state index contributed by atoms with van der Waals surface area (Å²) in [5.41, 5.74) is 6.57. The third kappa shape index (κ3) is 4.78. The van der Waals surface area contributed by atoms with Crippen LogP contribution < -0.4 is 5.73 Å². The molecule has 0 aromatic heterocycles. The highest BCUT2D eigenvalue weighted by molar-refractivity contribution is 9.10. The van der Waals surface area contributed by atoms with Gasteiger partial charge in [-0.05, 0) is 18.4 Å². The van der Waals surface area contributed by atoms with Crippen LogP contribution in [-0.2, 0) is 16.1 Å². The minimum Gasteiger partial charge on any atom is -0.461 e. The van der Waals surface area contributed by atoms with E-state index in [9.17, 15) is 4.79 Å². The van der Waals surface area contributed by atoms with Crippen LogP contribution in [0.3, 0.4) is 0 Å². The summed E-state index contributed by atoms with van der Waals surface area (Å²) in [6.07, 6.45) is 0.769. The molecule has 1 atom stereocenters. The lowest BCUT2D eigenvalue weighted by atomic mass is 9.97. The van der Waals surface area contributed by atoms with Gasteiger partial charge in [-0.25, -0.2) is 0 Å².